The number of rotatable bonds is 3. The standard InChI is InChI=1S/C7H9NO/c1-3-5-6-8-9-7-4-2/h2,8H,6-7H2,1H3. The van der Waals surface area contributed by atoms with Gasteiger partial charge in [0.2, 0.25) is 0 Å². The molecule has 0 aliphatic heterocycles. The molecular weight excluding hydrogens is 114 g/mol. The van der Waals surface area contributed by atoms with E-state index in [9.17, 15) is 0 Å². The molecule has 0 aliphatic carbocycles. The largest absolute Gasteiger partial charge is 0.288 e. The number of hydrogen-bond donors (Lipinski definition) is 1. The lowest BCUT2D eigenvalue weighted by Gasteiger charge is -1.94. The quantitative estimate of drug-likeness (QED) is 0.328. The number of hydrogen-bond acceptors (Lipinski definition) is 2. The Hall–Kier alpha value is -0.960. The fraction of sp³-hybridized carbons (Fsp3) is 0.429. The summed E-state index contributed by atoms with van der Waals surface area (Å²) in [4.78, 5) is 4.70. The molecular formula is C7H9NO. The number of terminal acetylenes is 1. The Bertz CT molecular complexity index is 147. The van der Waals surface area contributed by atoms with Gasteiger partial charge in [0, 0.05) is 0 Å². The maximum Gasteiger partial charge on any atom is 0.128 e. The molecule has 0 saturated heterocycles. The number of hydroxylamine groups is 1. The Morgan fingerprint density at radius 2 is 2.44 bits per heavy atom. The van der Waals surface area contributed by atoms with Gasteiger partial charge in [0.05, 0.1) is 6.54 Å². The van der Waals surface area contributed by atoms with E-state index in [2.05, 4.69) is 23.2 Å². The Kier molecular flexibility index (Phi) is 6.29. The monoisotopic (exact) mass is 123 g/mol. The average Bonchev–Trinajstić information content (AvgIpc) is 1.89. The second-order valence-corrected chi connectivity index (χ2v) is 1.24. The van der Waals surface area contributed by atoms with Crippen molar-refractivity contribution in [2.24, 2.45) is 0 Å². The topological polar surface area (TPSA) is 21.3 Å². The van der Waals surface area contributed by atoms with E-state index in [1.807, 2.05) is 0 Å². The van der Waals surface area contributed by atoms with Crippen LogP contribution in [0.4, 0.5) is 0 Å². The van der Waals surface area contributed by atoms with Gasteiger partial charge in [-0.25, -0.2) is 0 Å². The minimum absolute atomic E-state index is 0.283. The van der Waals surface area contributed by atoms with E-state index < -0.39 is 0 Å². The van der Waals surface area contributed by atoms with Gasteiger partial charge in [-0.15, -0.1) is 12.3 Å². The first-order valence-electron chi connectivity index (χ1n) is 2.59. The van der Waals surface area contributed by atoms with Crippen molar-refractivity contribution in [3.05, 3.63) is 0 Å². The summed E-state index contributed by atoms with van der Waals surface area (Å²) in [7, 11) is 0. The molecule has 0 spiro atoms. The first-order chi connectivity index (χ1) is 4.41. The van der Waals surface area contributed by atoms with Gasteiger partial charge < -0.3 is 0 Å². The molecule has 0 aromatic heterocycles. The van der Waals surface area contributed by atoms with Crippen molar-refractivity contribution in [2.45, 2.75) is 6.92 Å². The molecule has 0 aromatic rings. The molecule has 0 aliphatic rings. The van der Waals surface area contributed by atoms with E-state index in [0.29, 0.717) is 6.54 Å². The Morgan fingerprint density at radius 3 is 3.00 bits per heavy atom. The van der Waals surface area contributed by atoms with Crippen LogP contribution in [0.1, 0.15) is 6.92 Å². The van der Waals surface area contributed by atoms with Crippen LogP contribution in [0.3, 0.4) is 0 Å². The minimum Gasteiger partial charge on any atom is -0.288 e. The normalized spacial score (nSPS) is 7.11. The van der Waals surface area contributed by atoms with Crippen LogP contribution >= 0.6 is 0 Å². The van der Waals surface area contributed by atoms with Crippen LogP contribution in [0, 0.1) is 24.2 Å². The summed E-state index contributed by atoms with van der Waals surface area (Å²) >= 11 is 0. The smallest absolute Gasteiger partial charge is 0.128 e. The molecule has 0 fully saturated rings. The first-order valence-corrected chi connectivity index (χ1v) is 2.59. The van der Waals surface area contributed by atoms with Crippen molar-refractivity contribution >= 4 is 0 Å². The van der Waals surface area contributed by atoms with Crippen LogP contribution in [0.2, 0.25) is 0 Å². The zero-order chi connectivity index (χ0) is 6.95. The molecule has 1 N–H and O–H groups in total. The Labute approximate surface area is 55.5 Å². The molecule has 0 bridgehead atoms. The maximum absolute atomic E-state index is 4.89. The highest BCUT2D eigenvalue weighted by molar-refractivity contribution is 4.96. The van der Waals surface area contributed by atoms with E-state index in [-0.39, 0.29) is 6.61 Å². The lowest BCUT2D eigenvalue weighted by Crippen LogP contribution is -2.14. The van der Waals surface area contributed by atoms with Crippen LogP contribution in [-0.2, 0) is 4.84 Å². The average molecular weight is 123 g/mol. The summed E-state index contributed by atoms with van der Waals surface area (Å²) < 4.78 is 0. The molecule has 0 heterocycles. The van der Waals surface area contributed by atoms with E-state index in [0.717, 1.165) is 0 Å². The zero-order valence-electron chi connectivity index (χ0n) is 5.40. The van der Waals surface area contributed by atoms with Crippen LogP contribution in [-0.4, -0.2) is 13.2 Å². The third-order valence-corrected chi connectivity index (χ3v) is 0.595. The third-order valence-electron chi connectivity index (χ3n) is 0.595. The summed E-state index contributed by atoms with van der Waals surface area (Å²) in [6.45, 7) is 2.58. The third kappa shape index (κ3) is 7.04. The van der Waals surface area contributed by atoms with Crippen LogP contribution in [0.15, 0.2) is 0 Å². The lowest BCUT2D eigenvalue weighted by molar-refractivity contribution is 0.0760. The predicted octanol–water partition coefficient (Wildman–Crippen LogP) is 0.164. The van der Waals surface area contributed by atoms with Crippen molar-refractivity contribution in [3.63, 3.8) is 0 Å². The zero-order valence-corrected chi connectivity index (χ0v) is 5.40. The molecule has 48 valence electrons. The van der Waals surface area contributed by atoms with Gasteiger partial charge in [-0.05, 0) is 6.92 Å². The van der Waals surface area contributed by atoms with Crippen LogP contribution < -0.4 is 5.48 Å². The SMILES string of the molecule is C#CCONCC#CC. The molecule has 0 aromatic carbocycles. The van der Waals surface area contributed by atoms with Crippen molar-refractivity contribution in [3.8, 4) is 24.2 Å². The molecule has 0 amide bonds. The van der Waals surface area contributed by atoms with Gasteiger partial charge in [-0.2, -0.15) is 5.48 Å². The minimum atomic E-state index is 0.283. The molecule has 9 heavy (non-hydrogen) atoms. The van der Waals surface area contributed by atoms with Gasteiger partial charge in [0.15, 0.2) is 0 Å². The van der Waals surface area contributed by atoms with Crippen LogP contribution in [0.5, 0.6) is 0 Å². The second-order valence-electron chi connectivity index (χ2n) is 1.24. The van der Waals surface area contributed by atoms with Gasteiger partial charge in [0.25, 0.3) is 0 Å². The van der Waals surface area contributed by atoms with Gasteiger partial charge in [-0.1, -0.05) is 11.8 Å². The van der Waals surface area contributed by atoms with Gasteiger partial charge in [0.1, 0.15) is 6.61 Å². The summed E-state index contributed by atoms with van der Waals surface area (Å²) in [5, 5.41) is 0. The van der Waals surface area contributed by atoms with Crippen molar-refractivity contribution in [1.29, 1.82) is 0 Å². The van der Waals surface area contributed by atoms with E-state index >= 15 is 0 Å². The fourth-order valence-electron chi connectivity index (χ4n) is 0.268. The maximum atomic E-state index is 4.89. The van der Waals surface area contributed by atoms with Crippen molar-refractivity contribution < 1.29 is 4.84 Å². The fourth-order valence-corrected chi connectivity index (χ4v) is 0.268. The summed E-state index contributed by atoms with van der Waals surface area (Å²) in [6.07, 6.45) is 4.89. The lowest BCUT2D eigenvalue weighted by atomic mass is 10.6. The molecule has 0 rings (SSSR count). The highest BCUT2D eigenvalue weighted by Crippen LogP contribution is 1.61. The molecule has 2 heteroatoms. The van der Waals surface area contributed by atoms with Crippen molar-refractivity contribution in [2.75, 3.05) is 13.2 Å². The first kappa shape index (κ1) is 8.04. The van der Waals surface area contributed by atoms with E-state index in [1.54, 1.807) is 6.92 Å². The predicted molar refractivity (Wildman–Crippen MR) is 36.2 cm³/mol. The molecule has 2 nitrogen and oxygen atoms in total. The van der Waals surface area contributed by atoms with Gasteiger partial charge in [-0.3, -0.25) is 4.84 Å². The highest BCUT2D eigenvalue weighted by atomic mass is 16.6. The summed E-state index contributed by atoms with van der Waals surface area (Å²) in [5.74, 6) is 7.76. The summed E-state index contributed by atoms with van der Waals surface area (Å²) in [6, 6.07) is 0. The number of nitrogens with one attached hydrogen (secondary N) is 1. The Balaban J connectivity index is 2.91. The highest BCUT2D eigenvalue weighted by Gasteiger charge is 1.75. The van der Waals surface area contributed by atoms with Gasteiger partial charge >= 0.3 is 0 Å². The summed E-state index contributed by atoms with van der Waals surface area (Å²) in [5.41, 5.74) is 2.57. The van der Waals surface area contributed by atoms with E-state index in [4.69, 9.17) is 11.3 Å². The second kappa shape index (κ2) is 7.04. The van der Waals surface area contributed by atoms with Crippen LogP contribution in [0.25, 0.3) is 0 Å². The van der Waals surface area contributed by atoms with Crippen molar-refractivity contribution in [1.82, 2.24) is 5.48 Å². The molecule has 0 radical (unpaired) electrons. The molecule has 0 atom stereocenters. The Morgan fingerprint density at radius 1 is 1.67 bits per heavy atom. The molecule has 0 saturated carbocycles. The van der Waals surface area contributed by atoms with E-state index in [1.165, 1.54) is 0 Å². The molecule has 0 unspecified atom stereocenters.